The number of carbonyl (C=O) groups excluding carboxylic acids is 1. The largest absolute Gasteiger partial charge is 0.469 e. The van der Waals surface area contributed by atoms with Crippen molar-refractivity contribution in [3.05, 3.63) is 30.7 Å². The molecule has 0 saturated heterocycles. The van der Waals surface area contributed by atoms with Crippen molar-refractivity contribution in [2.75, 3.05) is 6.61 Å². The highest BCUT2D eigenvalue weighted by Gasteiger charge is 2.22. The first-order chi connectivity index (χ1) is 11.1. The van der Waals surface area contributed by atoms with Gasteiger partial charge in [0.2, 0.25) is 0 Å². The molecule has 0 aromatic carbocycles. The number of aryl methyl sites for hydroxylation is 1. The van der Waals surface area contributed by atoms with Crippen LogP contribution in [0.15, 0.2) is 34.6 Å². The van der Waals surface area contributed by atoms with E-state index in [-0.39, 0.29) is 11.2 Å². The van der Waals surface area contributed by atoms with E-state index >= 15 is 0 Å². The van der Waals surface area contributed by atoms with Gasteiger partial charge in [-0.05, 0) is 26.3 Å². The maximum absolute atomic E-state index is 11.9. The van der Waals surface area contributed by atoms with Crippen molar-refractivity contribution in [3.8, 4) is 11.4 Å². The molecular formula is C16H21N3O3S. The number of aromatic nitrogens is 3. The maximum atomic E-state index is 11.9. The first-order valence-electron chi connectivity index (χ1n) is 7.50. The zero-order valence-electron chi connectivity index (χ0n) is 13.6. The molecule has 0 spiro atoms. The maximum Gasteiger partial charge on any atom is 0.319 e. The fourth-order valence-corrected chi connectivity index (χ4v) is 2.87. The molecule has 0 radical (unpaired) electrons. The number of furan rings is 1. The average Bonchev–Trinajstić information content (AvgIpc) is 3.12. The first-order valence-corrected chi connectivity index (χ1v) is 8.38. The highest BCUT2D eigenvalue weighted by molar-refractivity contribution is 8.00. The van der Waals surface area contributed by atoms with Gasteiger partial charge in [0.05, 0.1) is 18.4 Å². The molecule has 1 unspecified atom stereocenters. The standard InChI is InChI=1S/C16H21N3O3S/c1-5-8-19-14(13-7-10-21-11(13)3)17-18-16(19)23-12(4)15(20)22-9-6-2/h5,7,10,12H,1,6,8-9H2,2-4H3. The molecule has 2 aromatic rings. The molecule has 6 nitrogen and oxygen atoms in total. The van der Waals surface area contributed by atoms with Gasteiger partial charge in [0.1, 0.15) is 11.0 Å². The van der Waals surface area contributed by atoms with Crippen LogP contribution in [0.1, 0.15) is 26.0 Å². The van der Waals surface area contributed by atoms with Gasteiger partial charge in [-0.15, -0.1) is 16.8 Å². The van der Waals surface area contributed by atoms with Crippen LogP contribution in [0.25, 0.3) is 11.4 Å². The van der Waals surface area contributed by atoms with Crippen molar-refractivity contribution in [2.24, 2.45) is 0 Å². The van der Waals surface area contributed by atoms with Crippen LogP contribution in [0, 0.1) is 6.92 Å². The normalized spacial score (nSPS) is 12.1. The third kappa shape index (κ3) is 4.04. The van der Waals surface area contributed by atoms with Gasteiger partial charge in [-0.3, -0.25) is 9.36 Å². The summed E-state index contributed by atoms with van der Waals surface area (Å²) < 4.78 is 12.4. The van der Waals surface area contributed by atoms with Gasteiger partial charge in [-0.25, -0.2) is 0 Å². The molecule has 0 fully saturated rings. The molecule has 2 heterocycles. The van der Waals surface area contributed by atoms with Gasteiger partial charge in [0, 0.05) is 6.54 Å². The number of thioether (sulfide) groups is 1. The van der Waals surface area contributed by atoms with Crippen molar-refractivity contribution in [3.63, 3.8) is 0 Å². The number of carbonyl (C=O) groups is 1. The van der Waals surface area contributed by atoms with Crippen LogP contribution in [0.5, 0.6) is 0 Å². The number of hydrogen-bond acceptors (Lipinski definition) is 6. The molecular weight excluding hydrogens is 314 g/mol. The third-order valence-electron chi connectivity index (χ3n) is 3.19. The highest BCUT2D eigenvalue weighted by Crippen LogP contribution is 2.29. The van der Waals surface area contributed by atoms with Crippen LogP contribution in [-0.2, 0) is 16.1 Å². The van der Waals surface area contributed by atoms with Crippen molar-refractivity contribution in [1.29, 1.82) is 0 Å². The Kier molecular flexibility index (Phi) is 6.04. The van der Waals surface area contributed by atoms with Crippen LogP contribution in [-0.4, -0.2) is 32.6 Å². The van der Waals surface area contributed by atoms with Crippen molar-refractivity contribution in [1.82, 2.24) is 14.8 Å². The van der Waals surface area contributed by atoms with Gasteiger partial charge in [-0.2, -0.15) is 0 Å². The second-order valence-electron chi connectivity index (χ2n) is 5.02. The molecule has 124 valence electrons. The lowest BCUT2D eigenvalue weighted by atomic mass is 10.2. The number of esters is 1. The Labute approximate surface area is 139 Å². The molecule has 0 aliphatic carbocycles. The minimum Gasteiger partial charge on any atom is -0.469 e. The Morgan fingerprint density at radius 3 is 2.96 bits per heavy atom. The van der Waals surface area contributed by atoms with Crippen molar-refractivity contribution >= 4 is 17.7 Å². The summed E-state index contributed by atoms with van der Waals surface area (Å²) in [6.07, 6.45) is 4.20. The quantitative estimate of drug-likeness (QED) is 0.418. The average molecular weight is 335 g/mol. The van der Waals surface area contributed by atoms with Crippen molar-refractivity contribution in [2.45, 2.75) is 44.1 Å². The lowest BCUT2D eigenvalue weighted by Gasteiger charge is -2.11. The summed E-state index contributed by atoms with van der Waals surface area (Å²) in [5.74, 6) is 1.23. The Balaban J connectivity index is 2.22. The summed E-state index contributed by atoms with van der Waals surface area (Å²) in [6, 6.07) is 1.85. The zero-order valence-corrected chi connectivity index (χ0v) is 14.4. The molecule has 0 saturated carbocycles. The van der Waals surface area contributed by atoms with E-state index in [0.717, 1.165) is 17.7 Å². The van der Waals surface area contributed by atoms with Crippen LogP contribution in [0.4, 0.5) is 0 Å². The minimum atomic E-state index is -0.354. The molecule has 0 aliphatic rings. The van der Waals surface area contributed by atoms with Gasteiger partial charge < -0.3 is 9.15 Å². The molecule has 7 heteroatoms. The molecule has 2 aromatic heterocycles. The predicted molar refractivity (Wildman–Crippen MR) is 89.2 cm³/mol. The van der Waals surface area contributed by atoms with E-state index in [4.69, 9.17) is 9.15 Å². The Morgan fingerprint density at radius 2 is 2.35 bits per heavy atom. The van der Waals surface area contributed by atoms with E-state index in [1.165, 1.54) is 11.8 Å². The van der Waals surface area contributed by atoms with E-state index in [2.05, 4.69) is 16.8 Å². The number of hydrogen-bond donors (Lipinski definition) is 0. The zero-order chi connectivity index (χ0) is 16.8. The summed E-state index contributed by atoms with van der Waals surface area (Å²) in [5, 5.41) is 8.76. The fraction of sp³-hybridized carbons (Fsp3) is 0.438. The predicted octanol–water partition coefficient (Wildman–Crippen LogP) is 3.47. The number of ether oxygens (including phenoxy) is 1. The van der Waals surface area contributed by atoms with E-state index in [1.54, 1.807) is 19.3 Å². The second-order valence-corrected chi connectivity index (χ2v) is 6.33. The minimum absolute atomic E-state index is 0.244. The van der Waals surface area contributed by atoms with Gasteiger partial charge >= 0.3 is 5.97 Å². The van der Waals surface area contributed by atoms with Crippen LogP contribution < -0.4 is 0 Å². The SMILES string of the molecule is C=CCn1c(SC(C)C(=O)OCCC)nnc1-c1ccoc1C. The lowest BCUT2D eigenvalue weighted by molar-refractivity contribution is -0.142. The Hall–Kier alpha value is -2.02. The molecule has 1 atom stereocenters. The lowest BCUT2D eigenvalue weighted by Crippen LogP contribution is -2.18. The number of nitrogens with zero attached hydrogens (tertiary/aromatic N) is 3. The molecule has 23 heavy (non-hydrogen) atoms. The van der Waals surface area contributed by atoms with Crippen molar-refractivity contribution < 1.29 is 13.9 Å². The van der Waals surface area contributed by atoms with Crippen LogP contribution in [0.3, 0.4) is 0 Å². The van der Waals surface area contributed by atoms with E-state index in [9.17, 15) is 4.79 Å². The third-order valence-corrected chi connectivity index (χ3v) is 4.25. The molecule has 0 N–H and O–H groups in total. The summed E-state index contributed by atoms with van der Waals surface area (Å²) in [4.78, 5) is 11.9. The fourth-order valence-electron chi connectivity index (χ4n) is 2.01. The molecule has 0 aliphatic heterocycles. The summed E-state index contributed by atoms with van der Waals surface area (Å²) >= 11 is 1.33. The number of allylic oxidation sites excluding steroid dienone is 1. The first kappa shape index (κ1) is 17.3. The van der Waals surface area contributed by atoms with E-state index < -0.39 is 0 Å². The molecule has 0 amide bonds. The Bertz CT molecular complexity index is 678. The Morgan fingerprint density at radius 1 is 1.57 bits per heavy atom. The van der Waals surface area contributed by atoms with Gasteiger partial charge in [0.25, 0.3) is 0 Å². The summed E-state index contributed by atoms with van der Waals surface area (Å²) in [5.41, 5.74) is 0.882. The summed E-state index contributed by atoms with van der Waals surface area (Å²) in [7, 11) is 0. The topological polar surface area (TPSA) is 70.2 Å². The molecule has 2 rings (SSSR count). The summed E-state index contributed by atoms with van der Waals surface area (Å²) in [6.45, 7) is 10.4. The van der Waals surface area contributed by atoms with Crippen LogP contribution in [0.2, 0.25) is 0 Å². The van der Waals surface area contributed by atoms with Gasteiger partial charge in [0.15, 0.2) is 11.0 Å². The highest BCUT2D eigenvalue weighted by atomic mass is 32.2. The number of rotatable bonds is 8. The van der Waals surface area contributed by atoms with E-state index in [1.807, 2.05) is 24.5 Å². The smallest absolute Gasteiger partial charge is 0.319 e. The monoisotopic (exact) mass is 335 g/mol. The second kappa shape index (κ2) is 8.01. The van der Waals surface area contributed by atoms with Crippen LogP contribution >= 0.6 is 11.8 Å². The van der Waals surface area contributed by atoms with E-state index in [0.29, 0.717) is 24.1 Å². The molecule has 0 bridgehead atoms. The van der Waals surface area contributed by atoms with Gasteiger partial charge in [-0.1, -0.05) is 24.8 Å².